The molecule has 0 radical (unpaired) electrons. The summed E-state index contributed by atoms with van der Waals surface area (Å²) in [7, 11) is 1.83. The van der Waals surface area contributed by atoms with Crippen LogP contribution in [0.3, 0.4) is 0 Å². The van der Waals surface area contributed by atoms with E-state index in [0.29, 0.717) is 11.1 Å². The minimum Gasteiger partial charge on any atom is -0.355 e. The second kappa shape index (κ2) is 9.50. The van der Waals surface area contributed by atoms with E-state index in [2.05, 4.69) is 30.4 Å². The first-order valence-electron chi connectivity index (χ1n) is 8.89. The van der Waals surface area contributed by atoms with E-state index in [9.17, 15) is 0 Å². The molecule has 0 saturated carbocycles. The zero-order valence-corrected chi connectivity index (χ0v) is 16.3. The Hall–Kier alpha value is -1.18. The van der Waals surface area contributed by atoms with E-state index < -0.39 is 0 Å². The Morgan fingerprint density at radius 1 is 1.40 bits per heavy atom. The molecule has 0 aliphatic carbocycles. The fourth-order valence-electron chi connectivity index (χ4n) is 3.23. The fourth-order valence-corrected chi connectivity index (χ4v) is 4.45. The van der Waals surface area contributed by atoms with E-state index in [0.717, 1.165) is 44.4 Å². The molecule has 8 heteroatoms. The Morgan fingerprint density at radius 2 is 2.24 bits per heavy atom. The monoisotopic (exact) mass is 382 g/mol. The molecule has 2 aliphatic rings. The molecule has 138 valence electrons. The first kappa shape index (κ1) is 18.6. The lowest BCUT2D eigenvalue weighted by atomic mass is 10.3. The molecule has 3 rings (SSSR count). The van der Waals surface area contributed by atoms with Gasteiger partial charge in [-0.25, -0.2) is 4.98 Å². The quantitative estimate of drug-likeness (QED) is 0.595. The van der Waals surface area contributed by atoms with Crippen LogP contribution >= 0.6 is 23.4 Å². The third-order valence-corrected chi connectivity index (χ3v) is 5.85. The average molecular weight is 383 g/mol. The Kier molecular flexibility index (Phi) is 7.07. The first-order chi connectivity index (χ1) is 12.3. The molecule has 6 nitrogen and oxygen atoms in total. The minimum absolute atomic E-state index is 0.357. The zero-order chi connectivity index (χ0) is 17.5. The molecule has 0 amide bonds. The second-order valence-corrected chi connectivity index (χ2v) is 7.97. The van der Waals surface area contributed by atoms with Crippen molar-refractivity contribution in [2.24, 2.45) is 4.99 Å². The van der Waals surface area contributed by atoms with Crippen molar-refractivity contribution in [1.29, 1.82) is 0 Å². The second-order valence-electron chi connectivity index (χ2n) is 6.34. The molecule has 0 bridgehead atoms. The molecule has 0 spiro atoms. The number of guanidine groups is 1. The number of hydrogen-bond donors (Lipinski definition) is 2. The van der Waals surface area contributed by atoms with E-state index in [1.807, 2.05) is 30.9 Å². The lowest BCUT2D eigenvalue weighted by Crippen LogP contribution is -2.47. The summed E-state index contributed by atoms with van der Waals surface area (Å²) in [4.78, 5) is 13.5. The van der Waals surface area contributed by atoms with Crippen molar-refractivity contribution in [1.82, 2.24) is 20.5 Å². The van der Waals surface area contributed by atoms with Crippen LogP contribution in [0, 0.1) is 0 Å². The number of hydrogen-bond acceptors (Lipinski definition) is 5. The normalized spacial score (nSPS) is 22.2. The van der Waals surface area contributed by atoms with Crippen LogP contribution in [-0.4, -0.2) is 79.7 Å². The van der Waals surface area contributed by atoms with Gasteiger partial charge in [-0.05, 0) is 18.6 Å². The number of anilines is 1. The van der Waals surface area contributed by atoms with E-state index in [4.69, 9.17) is 11.6 Å². The van der Waals surface area contributed by atoms with Crippen molar-refractivity contribution < 1.29 is 0 Å². The van der Waals surface area contributed by atoms with Gasteiger partial charge in [0.1, 0.15) is 5.82 Å². The molecule has 1 atom stereocenters. The van der Waals surface area contributed by atoms with E-state index >= 15 is 0 Å². The van der Waals surface area contributed by atoms with Crippen LogP contribution in [0.25, 0.3) is 0 Å². The predicted molar refractivity (Wildman–Crippen MR) is 108 cm³/mol. The smallest absolute Gasteiger partial charge is 0.191 e. The Balaban J connectivity index is 1.42. The largest absolute Gasteiger partial charge is 0.355 e. The van der Waals surface area contributed by atoms with Gasteiger partial charge in [0, 0.05) is 70.1 Å². The highest BCUT2D eigenvalue weighted by atomic mass is 35.5. The maximum atomic E-state index is 6.26. The van der Waals surface area contributed by atoms with Gasteiger partial charge >= 0.3 is 0 Å². The Labute approximate surface area is 159 Å². The Morgan fingerprint density at radius 3 is 3.00 bits per heavy atom. The van der Waals surface area contributed by atoms with E-state index in [-0.39, 0.29) is 0 Å². The molecular weight excluding hydrogens is 356 g/mol. The van der Waals surface area contributed by atoms with Crippen molar-refractivity contribution in [3.63, 3.8) is 0 Å². The summed E-state index contributed by atoms with van der Waals surface area (Å²) in [5.41, 5.74) is 0. The van der Waals surface area contributed by atoms with Crippen LogP contribution in [0.5, 0.6) is 0 Å². The van der Waals surface area contributed by atoms with Gasteiger partial charge in [-0.3, -0.25) is 9.89 Å². The minimum atomic E-state index is 0.357. The zero-order valence-electron chi connectivity index (χ0n) is 14.7. The molecule has 1 aromatic heterocycles. The van der Waals surface area contributed by atoms with Crippen molar-refractivity contribution in [2.75, 3.05) is 62.7 Å². The summed E-state index contributed by atoms with van der Waals surface area (Å²) in [6, 6.07) is 4.12. The van der Waals surface area contributed by atoms with Gasteiger partial charge in [-0.1, -0.05) is 11.6 Å². The standard InChI is InChI=1S/C17H27ClN6S/c1-19-17(21-6-8-23-9-11-25-12-10-23)22-14-4-7-24(13-14)16-15(18)3-2-5-20-16/h2-3,5,14H,4,6-13H2,1H3,(H2,19,21,22). The lowest BCUT2D eigenvalue weighted by molar-refractivity contribution is 0.307. The van der Waals surface area contributed by atoms with Crippen LogP contribution in [0.2, 0.25) is 5.02 Å². The SMILES string of the molecule is CN=C(NCCN1CCSCC1)NC1CCN(c2ncccc2Cl)C1. The van der Waals surface area contributed by atoms with Gasteiger partial charge in [-0.2, -0.15) is 11.8 Å². The molecule has 2 N–H and O–H groups in total. The van der Waals surface area contributed by atoms with Crippen LogP contribution < -0.4 is 15.5 Å². The number of nitrogens with one attached hydrogen (secondary N) is 2. The highest BCUT2D eigenvalue weighted by Gasteiger charge is 2.25. The third kappa shape index (κ3) is 5.39. The number of thioether (sulfide) groups is 1. The number of halogens is 1. The Bertz CT molecular complexity index is 578. The lowest BCUT2D eigenvalue weighted by Gasteiger charge is -2.26. The molecule has 1 aromatic rings. The van der Waals surface area contributed by atoms with Crippen molar-refractivity contribution in [3.8, 4) is 0 Å². The molecule has 2 saturated heterocycles. The summed E-state index contributed by atoms with van der Waals surface area (Å²) in [5, 5.41) is 7.68. The summed E-state index contributed by atoms with van der Waals surface area (Å²) in [6.45, 7) is 6.23. The van der Waals surface area contributed by atoms with Gasteiger partial charge < -0.3 is 15.5 Å². The van der Waals surface area contributed by atoms with Crippen LogP contribution in [0.1, 0.15) is 6.42 Å². The molecule has 2 aliphatic heterocycles. The van der Waals surface area contributed by atoms with Crippen molar-refractivity contribution in [3.05, 3.63) is 23.4 Å². The maximum absolute atomic E-state index is 6.26. The molecule has 3 heterocycles. The first-order valence-corrected chi connectivity index (χ1v) is 10.4. The van der Waals surface area contributed by atoms with Crippen molar-refractivity contribution in [2.45, 2.75) is 12.5 Å². The molecular formula is C17H27ClN6S. The number of rotatable bonds is 5. The van der Waals surface area contributed by atoms with E-state index in [1.54, 1.807) is 6.20 Å². The predicted octanol–water partition coefficient (Wildman–Crippen LogP) is 1.53. The summed E-state index contributed by atoms with van der Waals surface area (Å²) < 4.78 is 0. The number of pyridine rings is 1. The summed E-state index contributed by atoms with van der Waals surface area (Å²) in [6.07, 6.45) is 2.85. The molecule has 2 fully saturated rings. The fraction of sp³-hybridized carbons (Fsp3) is 0.647. The van der Waals surface area contributed by atoms with Gasteiger partial charge in [0.2, 0.25) is 0 Å². The highest BCUT2D eigenvalue weighted by molar-refractivity contribution is 7.99. The molecule has 1 unspecified atom stereocenters. The number of aliphatic imine (C=N–C) groups is 1. The number of aromatic nitrogens is 1. The van der Waals surface area contributed by atoms with Crippen molar-refractivity contribution >= 4 is 35.1 Å². The number of nitrogens with zero attached hydrogens (tertiary/aromatic N) is 4. The summed E-state index contributed by atoms with van der Waals surface area (Å²) >= 11 is 8.31. The van der Waals surface area contributed by atoms with Gasteiger partial charge in [0.05, 0.1) is 5.02 Å². The van der Waals surface area contributed by atoms with Gasteiger partial charge in [-0.15, -0.1) is 0 Å². The van der Waals surface area contributed by atoms with Gasteiger partial charge in [0.15, 0.2) is 5.96 Å². The van der Waals surface area contributed by atoms with E-state index in [1.165, 1.54) is 24.6 Å². The summed E-state index contributed by atoms with van der Waals surface area (Å²) in [5.74, 6) is 4.26. The highest BCUT2D eigenvalue weighted by Crippen LogP contribution is 2.25. The topological polar surface area (TPSA) is 55.8 Å². The average Bonchev–Trinajstić information content (AvgIpc) is 3.10. The molecule has 25 heavy (non-hydrogen) atoms. The van der Waals surface area contributed by atoms with Crippen LogP contribution in [0.4, 0.5) is 5.82 Å². The van der Waals surface area contributed by atoms with Crippen LogP contribution in [-0.2, 0) is 0 Å². The van der Waals surface area contributed by atoms with Crippen LogP contribution in [0.15, 0.2) is 23.3 Å². The molecule has 0 aromatic carbocycles. The third-order valence-electron chi connectivity index (χ3n) is 4.62. The maximum Gasteiger partial charge on any atom is 0.191 e. The van der Waals surface area contributed by atoms with Gasteiger partial charge in [0.25, 0.3) is 0 Å².